The van der Waals surface area contributed by atoms with E-state index in [4.69, 9.17) is 4.98 Å². The number of pyridine rings is 1. The Balaban J connectivity index is 2.89. The molecule has 0 saturated heterocycles. The summed E-state index contributed by atoms with van der Waals surface area (Å²) >= 11 is 0. The molecular formula is C17H25N2. The van der Waals surface area contributed by atoms with Crippen molar-refractivity contribution in [1.82, 2.24) is 9.97 Å². The average Bonchev–Trinajstić information content (AvgIpc) is 2.83. The maximum absolute atomic E-state index is 4.92. The lowest BCUT2D eigenvalue weighted by molar-refractivity contribution is 0.930. The molecule has 1 N–H and O–H groups in total. The van der Waals surface area contributed by atoms with Crippen LogP contribution in [0.2, 0.25) is 0 Å². The smallest absolute Gasteiger partial charge is 0.0528 e. The highest BCUT2D eigenvalue weighted by Crippen LogP contribution is 2.31. The van der Waals surface area contributed by atoms with Crippen molar-refractivity contribution in [3.63, 3.8) is 0 Å². The van der Waals surface area contributed by atoms with Crippen molar-refractivity contribution in [3.05, 3.63) is 35.1 Å². The summed E-state index contributed by atoms with van der Waals surface area (Å²) in [6.45, 7) is 12.9. The Morgan fingerprint density at radius 2 is 1.58 bits per heavy atom. The zero-order chi connectivity index (χ0) is 14.0. The molecule has 2 heteroatoms. The topological polar surface area (TPSA) is 28.7 Å². The fraction of sp³-hybridized carbons (Fsp3) is 0.529. The highest BCUT2D eigenvalue weighted by atomic mass is 14.8. The number of nitrogens with one attached hydrogen (secondary N) is 1. The molecule has 103 valence electrons. The number of hydrogen-bond acceptors (Lipinski definition) is 1. The highest BCUT2D eigenvalue weighted by Gasteiger charge is 2.17. The number of hydrogen-bond donors (Lipinski definition) is 1. The van der Waals surface area contributed by atoms with Crippen LogP contribution in [-0.2, 0) is 32.1 Å². The van der Waals surface area contributed by atoms with E-state index in [0.29, 0.717) is 0 Å². The fourth-order valence-electron chi connectivity index (χ4n) is 3.07. The third kappa shape index (κ3) is 2.18. The van der Waals surface area contributed by atoms with Gasteiger partial charge in [0.05, 0.1) is 11.2 Å². The molecular weight excluding hydrogens is 232 g/mol. The summed E-state index contributed by atoms with van der Waals surface area (Å²) in [5.41, 5.74) is 7.92. The second-order valence-electron chi connectivity index (χ2n) is 4.98. The monoisotopic (exact) mass is 257 g/mol. The minimum absolute atomic E-state index is 0.840. The second kappa shape index (κ2) is 5.77. The van der Waals surface area contributed by atoms with E-state index in [9.17, 15) is 0 Å². The molecule has 0 aliphatic heterocycles. The van der Waals surface area contributed by atoms with Gasteiger partial charge in [-0.2, -0.15) is 0 Å². The normalized spacial score (nSPS) is 11.4. The molecule has 0 fully saturated rings. The zero-order valence-electron chi connectivity index (χ0n) is 12.7. The summed E-state index contributed by atoms with van der Waals surface area (Å²) in [7, 11) is 0. The Morgan fingerprint density at radius 1 is 0.895 bits per heavy atom. The van der Waals surface area contributed by atoms with Crippen molar-refractivity contribution >= 4 is 10.9 Å². The number of aromatic nitrogens is 2. The predicted molar refractivity (Wildman–Crippen MR) is 82.7 cm³/mol. The Morgan fingerprint density at radius 3 is 2.05 bits per heavy atom. The van der Waals surface area contributed by atoms with Gasteiger partial charge in [-0.25, -0.2) is 0 Å². The lowest BCUT2D eigenvalue weighted by Gasteiger charge is -2.11. The predicted octanol–water partition coefficient (Wildman–Crippen LogP) is 4.19. The van der Waals surface area contributed by atoms with Crippen LogP contribution in [0.15, 0.2) is 0 Å². The molecule has 2 rings (SSSR count). The van der Waals surface area contributed by atoms with Gasteiger partial charge in [0.15, 0.2) is 0 Å². The molecule has 2 aromatic heterocycles. The number of rotatable bonds is 5. The zero-order valence-corrected chi connectivity index (χ0v) is 12.7. The summed E-state index contributed by atoms with van der Waals surface area (Å²) < 4.78 is 0. The fourth-order valence-corrected chi connectivity index (χ4v) is 3.07. The molecule has 2 aromatic rings. The van der Waals surface area contributed by atoms with Crippen LogP contribution in [0.4, 0.5) is 0 Å². The SMILES string of the molecule is [CH2]Cc1c(CC)[nH]c2c(CC)c(CC)nc(CC)c12. The Hall–Kier alpha value is -1.31. The molecule has 0 aliphatic rings. The summed E-state index contributed by atoms with van der Waals surface area (Å²) in [5.74, 6) is 0. The van der Waals surface area contributed by atoms with Crippen LogP contribution in [0.5, 0.6) is 0 Å². The van der Waals surface area contributed by atoms with E-state index in [0.717, 1.165) is 32.1 Å². The van der Waals surface area contributed by atoms with Gasteiger partial charge in [0.25, 0.3) is 0 Å². The third-order valence-electron chi connectivity index (χ3n) is 4.03. The highest BCUT2D eigenvalue weighted by molar-refractivity contribution is 5.90. The van der Waals surface area contributed by atoms with Crippen molar-refractivity contribution < 1.29 is 0 Å². The van der Waals surface area contributed by atoms with E-state index in [-0.39, 0.29) is 0 Å². The van der Waals surface area contributed by atoms with Crippen LogP contribution in [0.1, 0.15) is 55.9 Å². The van der Waals surface area contributed by atoms with Gasteiger partial charge < -0.3 is 4.98 Å². The number of aromatic amines is 1. The summed E-state index contributed by atoms with van der Waals surface area (Å²) in [5, 5.41) is 1.35. The summed E-state index contributed by atoms with van der Waals surface area (Å²) in [6.07, 6.45) is 4.91. The average molecular weight is 257 g/mol. The Kier molecular flexibility index (Phi) is 4.28. The van der Waals surface area contributed by atoms with E-state index in [2.05, 4.69) is 39.6 Å². The number of H-pyrrole nitrogens is 1. The molecule has 0 spiro atoms. The van der Waals surface area contributed by atoms with E-state index < -0.39 is 0 Å². The lowest BCUT2D eigenvalue weighted by atomic mass is 9.99. The third-order valence-corrected chi connectivity index (χ3v) is 4.03. The molecule has 2 nitrogen and oxygen atoms in total. The lowest BCUT2D eigenvalue weighted by Crippen LogP contribution is -2.02. The number of aryl methyl sites for hydroxylation is 4. The minimum atomic E-state index is 0.840. The molecule has 2 heterocycles. The minimum Gasteiger partial charge on any atom is -0.358 e. The first-order chi connectivity index (χ1) is 9.21. The number of fused-ring (bicyclic) bond motifs is 1. The molecule has 0 unspecified atom stereocenters. The van der Waals surface area contributed by atoms with Gasteiger partial charge in [-0.15, -0.1) is 0 Å². The van der Waals surface area contributed by atoms with E-state index >= 15 is 0 Å². The van der Waals surface area contributed by atoms with Crippen LogP contribution in [-0.4, -0.2) is 9.97 Å². The molecule has 0 bridgehead atoms. The van der Waals surface area contributed by atoms with Crippen LogP contribution in [0.25, 0.3) is 10.9 Å². The van der Waals surface area contributed by atoms with Gasteiger partial charge in [-0.3, -0.25) is 4.98 Å². The maximum atomic E-state index is 4.92. The summed E-state index contributed by atoms with van der Waals surface area (Å²) in [4.78, 5) is 8.57. The Labute approximate surface area is 116 Å². The van der Waals surface area contributed by atoms with Crippen molar-refractivity contribution in [2.45, 2.75) is 59.8 Å². The molecule has 0 atom stereocenters. The first-order valence-electron chi connectivity index (χ1n) is 7.54. The standard InChI is InChI=1S/C17H25N2/c1-6-11-13(8-3)19-17-12(7-2)14(9-4)18-15(10-5)16(11)17/h19H,1,6-10H2,2-5H3. The molecule has 0 aliphatic carbocycles. The van der Waals surface area contributed by atoms with Crippen LogP contribution < -0.4 is 0 Å². The van der Waals surface area contributed by atoms with E-state index in [1.165, 1.54) is 39.1 Å². The molecule has 19 heavy (non-hydrogen) atoms. The van der Waals surface area contributed by atoms with Gasteiger partial charge in [0, 0.05) is 16.8 Å². The largest absolute Gasteiger partial charge is 0.358 e. The van der Waals surface area contributed by atoms with Gasteiger partial charge in [-0.1, -0.05) is 27.7 Å². The molecule has 0 amide bonds. The number of nitrogens with zero attached hydrogens (tertiary/aromatic N) is 1. The van der Waals surface area contributed by atoms with Crippen molar-refractivity contribution in [3.8, 4) is 0 Å². The van der Waals surface area contributed by atoms with Crippen molar-refractivity contribution in [2.24, 2.45) is 0 Å². The first-order valence-corrected chi connectivity index (χ1v) is 7.54. The molecule has 1 radical (unpaired) electrons. The van der Waals surface area contributed by atoms with Gasteiger partial charge in [-0.05, 0) is 50.2 Å². The molecule has 0 aromatic carbocycles. The van der Waals surface area contributed by atoms with Crippen LogP contribution in [0, 0.1) is 6.92 Å². The van der Waals surface area contributed by atoms with E-state index in [1.807, 2.05) is 0 Å². The second-order valence-corrected chi connectivity index (χ2v) is 4.98. The van der Waals surface area contributed by atoms with Crippen molar-refractivity contribution in [1.29, 1.82) is 0 Å². The Bertz CT molecular complexity index is 579. The summed E-state index contributed by atoms with van der Waals surface area (Å²) in [6, 6.07) is 0. The molecule has 0 saturated carbocycles. The van der Waals surface area contributed by atoms with Crippen LogP contribution >= 0.6 is 0 Å². The van der Waals surface area contributed by atoms with Gasteiger partial charge in [0.2, 0.25) is 0 Å². The van der Waals surface area contributed by atoms with Gasteiger partial charge >= 0.3 is 0 Å². The quantitative estimate of drug-likeness (QED) is 0.855. The van der Waals surface area contributed by atoms with Gasteiger partial charge in [0.1, 0.15) is 0 Å². The maximum Gasteiger partial charge on any atom is 0.0528 e. The van der Waals surface area contributed by atoms with Crippen LogP contribution in [0.3, 0.4) is 0 Å². The van der Waals surface area contributed by atoms with E-state index in [1.54, 1.807) is 0 Å². The first kappa shape index (κ1) is 14.1. The van der Waals surface area contributed by atoms with Crippen molar-refractivity contribution in [2.75, 3.05) is 0 Å².